The highest BCUT2D eigenvalue weighted by Gasteiger charge is 2.29. The SMILES string of the molecule is COc1ccc(C)cc1NC(=O)[C@H](C)N(c1ccc(C)cc1)S(C)(=O)=O. The molecule has 0 unspecified atom stereocenters. The third kappa shape index (κ3) is 4.54. The number of hydrogen-bond donors (Lipinski definition) is 1. The first-order valence-electron chi connectivity index (χ1n) is 8.15. The lowest BCUT2D eigenvalue weighted by molar-refractivity contribution is -0.116. The van der Waals surface area contributed by atoms with Gasteiger partial charge in [0.2, 0.25) is 15.9 Å². The number of methoxy groups -OCH3 is 1. The molecule has 0 spiro atoms. The van der Waals surface area contributed by atoms with E-state index < -0.39 is 22.0 Å². The van der Waals surface area contributed by atoms with Crippen molar-refractivity contribution in [2.45, 2.75) is 26.8 Å². The van der Waals surface area contributed by atoms with Gasteiger partial charge in [0, 0.05) is 0 Å². The molecule has 2 aromatic carbocycles. The summed E-state index contributed by atoms with van der Waals surface area (Å²) in [5.74, 6) is 0.0669. The topological polar surface area (TPSA) is 75.7 Å². The highest BCUT2D eigenvalue weighted by Crippen LogP contribution is 2.27. The lowest BCUT2D eigenvalue weighted by Crippen LogP contribution is -2.45. The van der Waals surface area contributed by atoms with E-state index in [2.05, 4.69) is 5.32 Å². The van der Waals surface area contributed by atoms with Crippen LogP contribution in [0, 0.1) is 13.8 Å². The molecule has 1 atom stereocenters. The molecular formula is C19H24N2O4S. The Morgan fingerprint density at radius 1 is 1.08 bits per heavy atom. The molecule has 6 nitrogen and oxygen atoms in total. The molecule has 0 aromatic heterocycles. The number of rotatable bonds is 6. The third-order valence-electron chi connectivity index (χ3n) is 3.99. The highest BCUT2D eigenvalue weighted by atomic mass is 32.2. The second-order valence-electron chi connectivity index (χ2n) is 6.26. The number of sulfonamides is 1. The van der Waals surface area contributed by atoms with Crippen LogP contribution in [-0.4, -0.2) is 33.7 Å². The smallest absolute Gasteiger partial charge is 0.248 e. The number of carbonyl (C=O) groups excluding carboxylic acids is 1. The van der Waals surface area contributed by atoms with Crippen LogP contribution >= 0.6 is 0 Å². The minimum absolute atomic E-state index is 0.442. The van der Waals surface area contributed by atoms with Crippen molar-refractivity contribution in [2.24, 2.45) is 0 Å². The Morgan fingerprint density at radius 2 is 1.65 bits per heavy atom. The van der Waals surface area contributed by atoms with Gasteiger partial charge in [-0.05, 0) is 50.6 Å². The average Bonchev–Trinajstić information content (AvgIpc) is 2.55. The van der Waals surface area contributed by atoms with E-state index in [0.29, 0.717) is 17.1 Å². The minimum Gasteiger partial charge on any atom is -0.495 e. The predicted octanol–water partition coefficient (Wildman–Crippen LogP) is 3.11. The van der Waals surface area contributed by atoms with Crippen LogP contribution in [0.4, 0.5) is 11.4 Å². The average molecular weight is 376 g/mol. The number of hydrogen-bond acceptors (Lipinski definition) is 4. The zero-order chi connectivity index (χ0) is 19.5. The number of ether oxygens (including phenoxy) is 1. The minimum atomic E-state index is -3.65. The summed E-state index contributed by atoms with van der Waals surface area (Å²) in [4.78, 5) is 12.7. The van der Waals surface area contributed by atoms with Crippen molar-refractivity contribution in [3.05, 3.63) is 53.6 Å². The highest BCUT2D eigenvalue weighted by molar-refractivity contribution is 7.92. The molecule has 26 heavy (non-hydrogen) atoms. The van der Waals surface area contributed by atoms with E-state index in [0.717, 1.165) is 21.7 Å². The number of carbonyl (C=O) groups is 1. The maximum absolute atomic E-state index is 12.7. The fourth-order valence-electron chi connectivity index (χ4n) is 2.66. The molecule has 0 heterocycles. The number of anilines is 2. The van der Waals surface area contributed by atoms with Crippen LogP contribution in [0.2, 0.25) is 0 Å². The Morgan fingerprint density at radius 3 is 2.19 bits per heavy atom. The van der Waals surface area contributed by atoms with Gasteiger partial charge in [-0.15, -0.1) is 0 Å². The molecule has 2 rings (SSSR count). The van der Waals surface area contributed by atoms with E-state index in [9.17, 15) is 13.2 Å². The van der Waals surface area contributed by atoms with E-state index in [1.807, 2.05) is 32.0 Å². The second kappa shape index (κ2) is 7.78. The van der Waals surface area contributed by atoms with Crippen molar-refractivity contribution in [3.63, 3.8) is 0 Å². The second-order valence-corrected chi connectivity index (χ2v) is 8.12. The summed E-state index contributed by atoms with van der Waals surface area (Å²) >= 11 is 0. The molecule has 1 N–H and O–H groups in total. The summed E-state index contributed by atoms with van der Waals surface area (Å²) in [5.41, 5.74) is 2.90. The van der Waals surface area contributed by atoms with Crippen molar-refractivity contribution < 1.29 is 17.9 Å². The molecule has 0 radical (unpaired) electrons. The number of nitrogens with one attached hydrogen (secondary N) is 1. The van der Waals surface area contributed by atoms with Gasteiger partial charge in [-0.1, -0.05) is 23.8 Å². The van der Waals surface area contributed by atoms with Gasteiger partial charge in [0.05, 0.1) is 24.7 Å². The number of nitrogens with zero attached hydrogens (tertiary/aromatic N) is 1. The first kappa shape index (κ1) is 19.8. The van der Waals surface area contributed by atoms with Gasteiger partial charge in [-0.3, -0.25) is 9.10 Å². The fraction of sp³-hybridized carbons (Fsp3) is 0.316. The molecule has 7 heteroatoms. The Balaban J connectivity index is 2.34. The number of amides is 1. The molecule has 1 amide bonds. The molecule has 0 aliphatic carbocycles. The van der Waals surface area contributed by atoms with Crippen LogP contribution in [0.25, 0.3) is 0 Å². The summed E-state index contributed by atoms with van der Waals surface area (Å²) in [6, 6.07) is 11.5. The van der Waals surface area contributed by atoms with Gasteiger partial charge in [0.15, 0.2) is 0 Å². The zero-order valence-corrected chi connectivity index (χ0v) is 16.4. The molecule has 0 aliphatic heterocycles. The van der Waals surface area contributed by atoms with Crippen LogP contribution in [0.15, 0.2) is 42.5 Å². The monoisotopic (exact) mass is 376 g/mol. The van der Waals surface area contributed by atoms with Crippen LogP contribution in [0.5, 0.6) is 5.75 Å². The predicted molar refractivity (Wildman–Crippen MR) is 104 cm³/mol. The van der Waals surface area contributed by atoms with E-state index in [1.54, 1.807) is 31.2 Å². The summed E-state index contributed by atoms with van der Waals surface area (Å²) in [5, 5.41) is 2.77. The fourth-order valence-corrected chi connectivity index (χ4v) is 3.83. The molecule has 140 valence electrons. The van der Waals surface area contributed by atoms with Gasteiger partial charge in [0.25, 0.3) is 0 Å². The maximum Gasteiger partial charge on any atom is 0.248 e. The van der Waals surface area contributed by atoms with Gasteiger partial charge >= 0.3 is 0 Å². The van der Waals surface area contributed by atoms with Crippen molar-refractivity contribution in [2.75, 3.05) is 23.0 Å². The lowest BCUT2D eigenvalue weighted by atomic mass is 10.2. The van der Waals surface area contributed by atoms with Crippen LogP contribution < -0.4 is 14.4 Å². The Labute approximate surface area is 154 Å². The molecule has 0 saturated carbocycles. The van der Waals surface area contributed by atoms with Crippen LogP contribution in [0.1, 0.15) is 18.1 Å². The third-order valence-corrected chi connectivity index (χ3v) is 5.23. The molecule has 0 saturated heterocycles. The Hall–Kier alpha value is -2.54. The van der Waals surface area contributed by atoms with E-state index >= 15 is 0 Å². The van der Waals surface area contributed by atoms with E-state index in [-0.39, 0.29) is 0 Å². The van der Waals surface area contributed by atoms with Gasteiger partial charge < -0.3 is 10.1 Å². The summed E-state index contributed by atoms with van der Waals surface area (Å²) in [6.45, 7) is 5.36. The number of benzene rings is 2. The number of aryl methyl sites for hydroxylation is 2. The van der Waals surface area contributed by atoms with E-state index in [4.69, 9.17) is 4.74 Å². The van der Waals surface area contributed by atoms with Gasteiger partial charge in [0.1, 0.15) is 11.8 Å². The largest absolute Gasteiger partial charge is 0.495 e. The van der Waals surface area contributed by atoms with Gasteiger partial charge in [-0.25, -0.2) is 8.42 Å². The molecule has 0 aliphatic rings. The Bertz CT molecular complexity index is 892. The van der Waals surface area contributed by atoms with Crippen molar-refractivity contribution in [1.29, 1.82) is 0 Å². The van der Waals surface area contributed by atoms with Gasteiger partial charge in [-0.2, -0.15) is 0 Å². The lowest BCUT2D eigenvalue weighted by Gasteiger charge is -2.28. The van der Waals surface area contributed by atoms with Crippen LogP contribution in [-0.2, 0) is 14.8 Å². The molecule has 0 bridgehead atoms. The van der Waals surface area contributed by atoms with Crippen LogP contribution in [0.3, 0.4) is 0 Å². The summed E-state index contributed by atoms with van der Waals surface area (Å²) < 4.78 is 31.0. The van der Waals surface area contributed by atoms with E-state index in [1.165, 1.54) is 7.11 Å². The molecule has 2 aromatic rings. The summed E-state index contributed by atoms with van der Waals surface area (Å²) in [7, 11) is -2.14. The standard InChI is InChI=1S/C19H24N2O4S/c1-13-6-9-16(10-7-13)21(26(5,23)24)15(3)19(22)20-17-12-14(2)8-11-18(17)25-4/h6-12,15H,1-5H3,(H,20,22)/t15-/m0/s1. The quantitative estimate of drug-likeness (QED) is 0.840. The van der Waals surface area contributed by atoms with Crippen molar-refractivity contribution >= 4 is 27.3 Å². The zero-order valence-electron chi connectivity index (χ0n) is 15.6. The maximum atomic E-state index is 12.7. The molecular weight excluding hydrogens is 352 g/mol. The summed E-state index contributed by atoms with van der Waals surface area (Å²) in [6.07, 6.45) is 1.09. The van der Waals surface area contributed by atoms with Crippen molar-refractivity contribution in [1.82, 2.24) is 0 Å². The first-order valence-corrected chi connectivity index (χ1v) is 10.00. The molecule has 0 fully saturated rings. The first-order chi connectivity index (χ1) is 12.1. The normalized spacial score (nSPS) is 12.3. The Kier molecular flexibility index (Phi) is 5.92. The van der Waals surface area contributed by atoms with Crippen molar-refractivity contribution in [3.8, 4) is 5.75 Å².